The molecule has 0 fully saturated rings. The molecule has 5 heteroatoms. The molecule has 0 aliphatic heterocycles. The van der Waals surface area contributed by atoms with Crippen LogP contribution in [-0.2, 0) is 17.8 Å². The van der Waals surface area contributed by atoms with Gasteiger partial charge in [-0.05, 0) is 36.7 Å². The van der Waals surface area contributed by atoms with Crippen molar-refractivity contribution in [2.45, 2.75) is 13.0 Å². The van der Waals surface area contributed by atoms with Crippen LogP contribution in [0.4, 0.5) is 0 Å². The zero-order valence-electron chi connectivity index (χ0n) is 12.5. The van der Waals surface area contributed by atoms with Crippen molar-refractivity contribution < 1.29 is 14.3 Å². The summed E-state index contributed by atoms with van der Waals surface area (Å²) in [5.74, 6) is 0.405. The summed E-state index contributed by atoms with van der Waals surface area (Å²) in [4.78, 5) is 11.7. The summed E-state index contributed by atoms with van der Waals surface area (Å²) in [7, 11) is 1.37. The molecule has 0 atom stereocenters. The van der Waals surface area contributed by atoms with E-state index in [2.05, 4.69) is 0 Å². The van der Waals surface area contributed by atoms with Crippen LogP contribution in [0.3, 0.4) is 0 Å². The van der Waals surface area contributed by atoms with E-state index in [4.69, 9.17) is 15.2 Å². The second kappa shape index (κ2) is 9.07. The Labute approximate surface area is 136 Å². The van der Waals surface area contributed by atoms with Gasteiger partial charge < -0.3 is 15.2 Å². The summed E-state index contributed by atoms with van der Waals surface area (Å²) in [6, 6.07) is 15.1. The first-order valence-corrected chi connectivity index (χ1v) is 6.82. The molecule has 118 valence electrons. The van der Waals surface area contributed by atoms with Crippen LogP contribution >= 0.6 is 12.4 Å². The van der Waals surface area contributed by atoms with Crippen molar-refractivity contribution in [1.29, 1.82) is 0 Å². The van der Waals surface area contributed by atoms with E-state index in [1.54, 1.807) is 12.1 Å². The minimum atomic E-state index is -0.354. The van der Waals surface area contributed by atoms with Crippen molar-refractivity contribution in [2.75, 3.05) is 13.7 Å². The average Bonchev–Trinajstić information content (AvgIpc) is 2.54. The van der Waals surface area contributed by atoms with Crippen LogP contribution in [0.25, 0.3) is 0 Å². The summed E-state index contributed by atoms with van der Waals surface area (Å²) >= 11 is 0. The van der Waals surface area contributed by atoms with Gasteiger partial charge in [0.1, 0.15) is 12.4 Å². The highest BCUT2D eigenvalue weighted by atomic mass is 35.5. The van der Waals surface area contributed by atoms with Gasteiger partial charge in [0.05, 0.1) is 12.7 Å². The molecule has 0 spiro atoms. The molecule has 0 amide bonds. The molecule has 0 bridgehead atoms. The summed E-state index contributed by atoms with van der Waals surface area (Å²) < 4.78 is 10.5. The van der Waals surface area contributed by atoms with Gasteiger partial charge in [-0.2, -0.15) is 0 Å². The third kappa shape index (κ3) is 4.76. The first kappa shape index (κ1) is 18.0. The number of methoxy groups -OCH3 is 1. The first-order valence-electron chi connectivity index (χ1n) is 6.82. The predicted octanol–water partition coefficient (Wildman–Crippen LogP) is 2.98. The number of hydrogen-bond donors (Lipinski definition) is 1. The van der Waals surface area contributed by atoms with Gasteiger partial charge in [-0.1, -0.05) is 30.3 Å². The van der Waals surface area contributed by atoms with Crippen LogP contribution < -0.4 is 10.5 Å². The molecular formula is C17H20ClNO3. The van der Waals surface area contributed by atoms with Crippen molar-refractivity contribution in [2.24, 2.45) is 5.73 Å². The van der Waals surface area contributed by atoms with Gasteiger partial charge in [-0.25, -0.2) is 4.79 Å². The number of rotatable bonds is 6. The van der Waals surface area contributed by atoms with E-state index in [1.165, 1.54) is 12.7 Å². The zero-order valence-corrected chi connectivity index (χ0v) is 13.3. The van der Waals surface area contributed by atoms with Crippen LogP contribution in [0.15, 0.2) is 48.5 Å². The molecule has 0 heterocycles. The quantitative estimate of drug-likeness (QED) is 0.831. The van der Waals surface area contributed by atoms with Gasteiger partial charge in [0.2, 0.25) is 0 Å². The smallest absolute Gasteiger partial charge is 0.338 e. The van der Waals surface area contributed by atoms with Crippen LogP contribution in [0.5, 0.6) is 5.75 Å². The maximum absolute atomic E-state index is 11.7. The van der Waals surface area contributed by atoms with Crippen LogP contribution in [0, 0.1) is 0 Å². The van der Waals surface area contributed by atoms with Gasteiger partial charge in [0, 0.05) is 5.56 Å². The molecule has 0 aliphatic carbocycles. The number of nitrogens with two attached hydrogens (primary N) is 1. The lowest BCUT2D eigenvalue weighted by Crippen LogP contribution is -2.07. The second-order valence-corrected chi connectivity index (χ2v) is 4.62. The molecule has 4 nitrogen and oxygen atoms in total. The lowest BCUT2D eigenvalue weighted by atomic mass is 10.1. The highest BCUT2D eigenvalue weighted by molar-refractivity contribution is 5.90. The van der Waals surface area contributed by atoms with Gasteiger partial charge >= 0.3 is 5.97 Å². The van der Waals surface area contributed by atoms with Crippen molar-refractivity contribution in [3.8, 4) is 5.75 Å². The predicted molar refractivity (Wildman–Crippen MR) is 88.6 cm³/mol. The van der Waals surface area contributed by atoms with Gasteiger partial charge in [0.25, 0.3) is 0 Å². The lowest BCUT2D eigenvalue weighted by Gasteiger charge is -2.10. The highest BCUT2D eigenvalue weighted by Gasteiger charge is 2.11. The number of hydrogen-bond acceptors (Lipinski definition) is 4. The standard InChI is InChI=1S/C17H19NO3.ClH/c1-20-17(19)16-5-3-2-4-14(16)12-21-15-8-6-13(7-9-15)10-11-18;/h2-9H,10-12,18H2,1H3;1H. The molecule has 0 saturated heterocycles. The lowest BCUT2D eigenvalue weighted by molar-refractivity contribution is 0.0597. The van der Waals surface area contributed by atoms with E-state index < -0.39 is 0 Å². The van der Waals surface area contributed by atoms with Crippen molar-refractivity contribution in [1.82, 2.24) is 0 Å². The molecule has 0 radical (unpaired) electrons. The Morgan fingerprint density at radius 3 is 2.41 bits per heavy atom. The molecular weight excluding hydrogens is 302 g/mol. The number of carbonyl (C=O) groups is 1. The van der Waals surface area contributed by atoms with E-state index in [1.807, 2.05) is 36.4 Å². The second-order valence-electron chi connectivity index (χ2n) is 4.62. The fourth-order valence-corrected chi connectivity index (χ4v) is 2.04. The van der Waals surface area contributed by atoms with E-state index in [9.17, 15) is 4.79 Å². The molecule has 2 aromatic carbocycles. The molecule has 2 N–H and O–H groups in total. The average molecular weight is 322 g/mol. The molecule has 2 aromatic rings. The molecule has 22 heavy (non-hydrogen) atoms. The topological polar surface area (TPSA) is 61.5 Å². The fourth-order valence-electron chi connectivity index (χ4n) is 2.04. The number of ether oxygens (including phenoxy) is 2. The Bertz CT molecular complexity index is 599. The molecule has 2 rings (SSSR count). The Kier molecular flexibility index (Phi) is 7.43. The van der Waals surface area contributed by atoms with E-state index >= 15 is 0 Å². The zero-order chi connectivity index (χ0) is 15.1. The number of carbonyl (C=O) groups excluding carboxylic acids is 1. The van der Waals surface area contributed by atoms with Crippen molar-refractivity contribution in [3.05, 3.63) is 65.2 Å². The molecule has 0 saturated carbocycles. The number of benzene rings is 2. The molecule has 0 unspecified atom stereocenters. The van der Waals surface area contributed by atoms with Crippen LogP contribution in [0.2, 0.25) is 0 Å². The maximum atomic E-state index is 11.7. The summed E-state index contributed by atoms with van der Waals surface area (Å²) in [5.41, 5.74) is 8.03. The van der Waals surface area contributed by atoms with E-state index in [0.29, 0.717) is 18.7 Å². The van der Waals surface area contributed by atoms with Crippen LogP contribution in [0.1, 0.15) is 21.5 Å². The Balaban J connectivity index is 0.00000242. The summed E-state index contributed by atoms with van der Waals surface area (Å²) in [6.07, 6.45) is 0.853. The SMILES string of the molecule is COC(=O)c1ccccc1COc1ccc(CCN)cc1.Cl. The van der Waals surface area contributed by atoms with E-state index in [0.717, 1.165) is 17.7 Å². The van der Waals surface area contributed by atoms with E-state index in [-0.39, 0.29) is 18.4 Å². The Morgan fingerprint density at radius 2 is 1.77 bits per heavy atom. The normalized spacial score (nSPS) is 9.73. The van der Waals surface area contributed by atoms with Gasteiger partial charge in [-0.15, -0.1) is 12.4 Å². The highest BCUT2D eigenvalue weighted by Crippen LogP contribution is 2.17. The third-order valence-corrected chi connectivity index (χ3v) is 3.17. The number of halogens is 1. The largest absolute Gasteiger partial charge is 0.489 e. The van der Waals surface area contributed by atoms with Crippen molar-refractivity contribution >= 4 is 18.4 Å². The molecule has 0 aromatic heterocycles. The Morgan fingerprint density at radius 1 is 1.09 bits per heavy atom. The van der Waals surface area contributed by atoms with Crippen LogP contribution in [-0.4, -0.2) is 19.6 Å². The minimum absolute atomic E-state index is 0. The first-order chi connectivity index (χ1) is 10.2. The van der Waals surface area contributed by atoms with Gasteiger partial charge in [-0.3, -0.25) is 0 Å². The monoisotopic (exact) mass is 321 g/mol. The molecule has 0 aliphatic rings. The Hall–Kier alpha value is -2.04. The maximum Gasteiger partial charge on any atom is 0.338 e. The third-order valence-electron chi connectivity index (χ3n) is 3.17. The summed E-state index contributed by atoms with van der Waals surface area (Å²) in [6.45, 7) is 0.953. The van der Waals surface area contributed by atoms with Gasteiger partial charge in [0.15, 0.2) is 0 Å². The minimum Gasteiger partial charge on any atom is -0.489 e. The summed E-state index contributed by atoms with van der Waals surface area (Å²) in [5, 5.41) is 0. The van der Waals surface area contributed by atoms with Crippen molar-refractivity contribution in [3.63, 3.8) is 0 Å². The fraction of sp³-hybridized carbons (Fsp3) is 0.235. The number of esters is 1.